The van der Waals surface area contributed by atoms with Gasteiger partial charge in [-0.1, -0.05) is 19.8 Å². The molecule has 0 bridgehead atoms. The maximum Gasteiger partial charge on any atom is 0.344 e. The Labute approximate surface area is 185 Å². The lowest BCUT2D eigenvalue weighted by Gasteiger charge is -2.29. The van der Waals surface area contributed by atoms with Crippen molar-refractivity contribution in [3.63, 3.8) is 0 Å². The Hall–Kier alpha value is -2.53. The van der Waals surface area contributed by atoms with Gasteiger partial charge in [0, 0.05) is 6.04 Å². The molecule has 1 amide bonds. The normalized spacial score (nSPS) is 18.8. The highest BCUT2D eigenvalue weighted by atomic mass is 79.9. The van der Waals surface area contributed by atoms with E-state index in [0.717, 1.165) is 19.3 Å². The maximum atomic E-state index is 12.6. The summed E-state index contributed by atoms with van der Waals surface area (Å²) in [5, 5.41) is 12.5. The summed E-state index contributed by atoms with van der Waals surface area (Å²) in [5.74, 6) is 0.220. The van der Waals surface area contributed by atoms with E-state index in [0.29, 0.717) is 27.5 Å². The third-order valence-corrected chi connectivity index (χ3v) is 5.58. The molecule has 162 valence electrons. The molecule has 1 aromatic rings. The predicted molar refractivity (Wildman–Crippen MR) is 116 cm³/mol. The minimum absolute atomic E-state index is 0.0157. The van der Waals surface area contributed by atoms with Gasteiger partial charge in [-0.05, 0) is 65.4 Å². The molecule has 1 aromatic carbocycles. The number of hydrogen-bond donors (Lipinski definition) is 1. The topological polar surface area (TPSA) is 97.7 Å². The van der Waals surface area contributed by atoms with Crippen LogP contribution in [0.2, 0.25) is 0 Å². The minimum atomic E-state index is -0.490. The fourth-order valence-corrected chi connectivity index (χ4v) is 3.96. The molecule has 2 atom stereocenters. The van der Waals surface area contributed by atoms with E-state index < -0.39 is 5.97 Å². The zero-order valence-corrected chi connectivity index (χ0v) is 19.1. The second-order valence-corrected chi connectivity index (χ2v) is 7.99. The van der Waals surface area contributed by atoms with Crippen molar-refractivity contribution in [1.82, 2.24) is 5.32 Å². The zero-order chi connectivity index (χ0) is 22.1. The number of benzene rings is 1. The summed E-state index contributed by atoms with van der Waals surface area (Å²) in [6.45, 7) is 3.84. The Morgan fingerprint density at radius 2 is 2.07 bits per heavy atom. The molecule has 2 rings (SSSR count). The lowest BCUT2D eigenvalue weighted by atomic mass is 9.86. The van der Waals surface area contributed by atoms with Crippen LogP contribution < -0.4 is 14.8 Å². The van der Waals surface area contributed by atoms with Crippen LogP contribution in [0.4, 0.5) is 0 Å². The van der Waals surface area contributed by atoms with E-state index in [4.69, 9.17) is 14.2 Å². The molecule has 8 heteroatoms. The molecule has 7 nitrogen and oxygen atoms in total. The van der Waals surface area contributed by atoms with Gasteiger partial charge >= 0.3 is 5.97 Å². The Bertz CT molecular complexity index is 847. The van der Waals surface area contributed by atoms with E-state index in [9.17, 15) is 14.9 Å². The van der Waals surface area contributed by atoms with Crippen molar-refractivity contribution in [3.05, 3.63) is 27.7 Å². The van der Waals surface area contributed by atoms with Gasteiger partial charge in [-0.3, -0.25) is 4.79 Å². The van der Waals surface area contributed by atoms with Crippen molar-refractivity contribution in [3.8, 4) is 17.6 Å². The van der Waals surface area contributed by atoms with Crippen LogP contribution in [0.3, 0.4) is 0 Å². The number of ether oxygens (including phenoxy) is 3. The Kier molecular flexibility index (Phi) is 9.18. The highest BCUT2D eigenvalue weighted by Crippen LogP contribution is 2.37. The molecule has 0 heterocycles. The van der Waals surface area contributed by atoms with Gasteiger partial charge in [0.05, 0.1) is 18.2 Å². The molecule has 0 aliphatic heterocycles. The molecule has 1 aliphatic carbocycles. The van der Waals surface area contributed by atoms with Gasteiger partial charge in [-0.15, -0.1) is 0 Å². The first-order valence-electron chi connectivity index (χ1n) is 9.98. The van der Waals surface area contributed by atoms with Gasteiger partial charge in [0.25, 0.3) is 5.91 Å². The number of halogens is 1. The van der Waals surface area contributed by atoms with Gasteiger partial charge in [-0.25, -0.2) is 4.79 Å². The number of nitrogens with one attached hydrogen (secondary N) is 1. The smallest absolute Gasteiger partial charge is 0.344 e. The molecule has 0 aromatic heterocycles. The van der Waals surface area contributed by atoms with Crippen LogP contribution in [0, 0.1) is 17.2 Å². The van der Waals surface area contributed by atoms with Gasteiger partial charge < -0.3 is 19.5 Å². The summed E-state index contributed by atoms with van der Waals surface area (Å²) in [6, 6.07) is 5.40. The van der Waals surface area contributed by atoms with Crippen molar-refractivity contribution >= 4 is 33.9 Å². The predicted octanol–water partition coefficient (Wildman–Crippen LogP) is 4.00. The van der Waals surface area contributed by atoms with Crippen LogP contribution in [0.1, 0.15) is 45.1 Å². The summed E-state index contributed by atoms with van der Waals surface area (Å²) in [5.41, 5.74) is 0.604. The number of methoxy groups -OCH3 is 1. The van der Waals surface area contributed by atoms with Crippen molar-refractivity contribution in [2.45, 2.75) is 45.6 Å². The van der Waals surface area contributed by atoms with Crippen LogP contribution in [-0.2, 0) is 14.3 Å². The second kappa shape index (κ2) is 11.6. The summed E-state index contributed by atoms with van der Waals surface area (Å²) in [4.78, 5) is 24.2. The van der Waals surface area contributed by atoms with Crippen LogP contribution in [0.5, 0.6) is 11.5 Å². The van der Waals surface area contributed by atoms with E-state index in [1.54, 1.807) is 19.1 Å². The summed E-state index contributed by atoms with van der Waals surface area (Å²) in [6.07, 6.45) is 5.77. The Balaban J connectivity index is 2.19. The van der Waals surface area contributed by atoms with Crippen LogP contribution in [0.25, 0.3) is 6.08 Å². The van der Waals surface area contributed by atoms with E-state index in [-0.39, 0.29) is 30.7 Å². The number of carbonyl (C=O) groups is 2. The number of amides is 1. The molecule has 0 unspecified atom stereocenters. The number of nitriles is 1. The van der Waals surface area contributed by atoms with Crippen LogP contribution in [0.15, 0.2) is 22.2 Å². The van der Waals surface area contributed by atoms with E-state index >= 15 is 0 Å². The molecule has 1 saturated carbocycles. The first-order valence-corrected chi connectivity index (χ1v) is 10.8. The first-order chi connectivity index (χ1) is 14.4. The van der Waals surface area contributed by atoms with Gasteiger partial charge in [0.1, 0.15) is 11.6 Å². The van der Waals surface area contributed by atoms with E-state index in [1.807, 2.05) is 6.07 Å². The summed E-state index contributed by atoms with van der Waals surface area (Å²) in [7, 11) is 1.47. The average molecular weight is 479 g/mol. The summed E-state index contributed by atoms with van der Waals surface area (Å²) < 4.78 is 16.2. The zero-order valence-electron chi connectivity index (χ0n) is 17.5. The van der Waals surface area contributed by atoms with Crippen molar-refractivity contribution < 1.29 is 23.8 Å². The molecule has 1 N–H and O–H groups in total. The summed E-state index contributed by atoms with van der Waals surface area (Å²) >= 11 is 3.39. The molecular formula is C22H27BrN2O5. The second-order valence-electron chi connectivity index (χ2n) is 7.14. The average Bonchev–Trinajstić information content (AvgIpc) is 2.72. The molecule has 0 saturated heterocycles. The number of carbonyl (C=O) groups excluding carboxylic acids is 2. The fraction of sp³-hybridized carbons (Fsp3) is 0.500. The Morgan fingerprint density at radius 1 is 1.33 bits per heavy atom. The fourth-order valence-electron chi connectivity index (χ4n) is 3.39. The molecular weight excluding hydrogens is 452 g/mol. The highest BCUT2D eigenvalue weighted by Gasteiger charge is 2.24. The lowest BCUT2D eigenvalue weighted by Crippen LogP contribution is -2.41. The highest BCUT2D eigenvalue weighted by molar-refractivity contribution is 9.10. The largest absolute Gasteiger partial charge is 0.493 e. The van der Waals surface area contributed by atoms with Gasteiger partial charge in [-0.2, -0.15) is 5.26 Å². The van der Waals surface area contributed by atoms with Crippen molar-refractivity contribution in [2.24, 2.45) is 5.92 Å². The van der Waals surface area contributed by atoms with Crippen LogP contribution >= 0.6 is 15.9 Å². The first kappa shape index (κ1) is 23.7. The maximum absolute atomic E-state index is 12.6. The van der Waals surface area contributed by atoms with Crippen molar-refractivity contribution in [1.29, 1.82) is 5.26 Å². The van der Waals surface area contributed by atoms with E-state index in [2.05, 4.69) is 28.2 Å². The Morgan fingerprint density at radius 3 is 2.70 bits per heavy atom. The number of rotatable bonds is 8. The van der Waals surface area contributed by atoms with Crippen LogP contribution in [-0.4, -0.2) is 38.2 Å². The quantitative estimate of drug-likeness (QED) is 0.344. The SMILES string of the molecule is CCOC(=O)COc1c(Br)cc(/C=C(\C#N)C(=O)N[C@H]2CCCC[C@@H]2C)cc1OC. The van der Waals surface area contributed by atoms with E-state index in [1.165, 1.54) is 19.6 Å². The molecule has 1 aliphatic rings. The van der Waals surface area contributed by atoms with Gasteiger partial charge in [0.15, 0.2) is 18.1 Å². The number of esters is 1. The third-order valence-electron chi connectivity index (χ3n) is 5.00. The number of hydrogen-bond acceptors (Lipinski definition) is 6. The minimum Gasteiger partial charge on any atom is -0.493 e. The molecule has 30 heavy (non-hydrogen) atoms. The monoisotopic (exact) mass is 478 g/mol. The number of nitrogens with zero attached hydrogens (tertiary/aromatic N) is 1. The lowest BCUT2D eigenvalue weighted by molar-refractivity contribution is -0.145. The van der Waals surface area contributed by atoms with Gasteiger partial charge in [0.2, 0.25) is 0 Å². The molecule has 0 spiro atoms. The third kappa shape index (κ3) is 6.49. The molecule has 0 radical (unpaired) electrons. The van der Waals surface area contributed by atoms with Crippen molar-refractivity contribution in [2.75, 3.05) is 20.3 Å². The molecule has 1 fully saturated rings. The standard InChI is InChI=1S/C22H27BrN2O5/c1-4-29-20(26)13-30-21-17(23)10-15(11-19(21)28-3)9-16(12-24)22(27)25-18-8-6-5-7-14(18)2/h9-11,14,18H,4-8,13H2,1-3H3,(H,25,27)/b16-9+/t14-,18-/m0/s1.